The molecule has 0 fully saturated rings. The smallest absolute Gasteiger partial charge is 0.319 e. The molecule has 0 heterocycles. The number of urea groups is 1. The minimum Gasteiger partial charge on any atom is -0.495 e. The Morgan fingerprint density at radius 1 is 1.24 bits per heavy atom. The van der Waals surface area contributed by atoms with Crippen LogP contribution in [0.3, 0.4) is 0 Å². The molecule has 0 aliphatic carbocycles. The van der Waals surface area contributed by atoms with E-state index in [9.17, 15) is 4.79 Å². The number of rotatable bonds is 4. The van der Waals surface area contributed by atoms with Crippen LogP contribution in [-0.2, 0) is 6.54 Å². The fraction of sp³-hybridized carbons (Fsp3) is 0.188. The third-order valence-corrected chi connectivity index (χ3v) is 3.48. The molecule has 5 heteroatoms. The van der Waals surface area contributed by atoms with Crippen LogP contribution in [0.25, 0.3) is 0 Å². The molecular weight excluding hydrogens is 332 g/mol. The molecule has 2 amide bonds. The molecule has 2 rings (SSSR count). The maximum Gasteiger partial charge on any atom is 0.319 e. The second-order valence-electron chi connectivity index (χ2n) is 4.59. The normalized spacial score (nSPS) is 10.0. The van der Waals surface area contributed by atoms with Crippen LogP contribution in [0.15, 0.2) is 46.9 Å². The Kier molecular flexibility index (Phi) is 5.22. The van der Waals surface area contributed by atoms with E-state index in [1.165, 1.54) is 0 Å². The van der Waals surface area contributed by atoms with Gasteiger partial charge >= 0.3 is 6.03 Å². The molecule has 0 spiro atoms. The number of nitrogens with one attached hydrogen (secondary N) is 2. The van der Waals surface area contributed by atoms with Gasteiger partial charge < -0.3 is 15.4 Å². The summed E-state index contributed by atoms with van der Waals surface area (Å²) in [6.07, 6.45) is 0. The zero-order valence-electron chi connectivity index (χ0n) is 11.9. The number of methoxy groups -OCH3 is 1. The molecule has 2 aromatic rings. The van der Waals surface area contributed by atoms with Crippen LogP contribution in [0.1, 0.15) is 11.1 Å². The average molecular weight is 349 g/mol. The number of benzene rings is 2. The topological polar surface area (TPSA) is 50.4 Å². The molecule has 0 saturated carbocycles. The van der Waals surface area contributed by atoms with Crippen molar-refractivity contribution in [2.75, 3.05) is 12.4 Å². The molecule has 2 N–H and O–H groups in total. The van der Waals surface area contributed by atoms with E-state index >= 15 is 0 Å². The highest BCUT2D eigenvalue weighted by atomic mass is 79.9. The Morgan fingerprint density at radius 3 is 2.62 bits per heavy atom. The van der Waals surface area contributed by atoms with Gasteiger partial charge in [-0.2, -0.15) is 0 Å². The van der Waals surface area contributed by atoms with Crippen LogP contribution in [0.2, 0.25) is 0 Å². The molecule has 0 atom stereocenters. The highest BCUT2D eigenvalue weighted by molar-refractivity contribution is 9.10. The fourth-order valence-corrected chi connectivity index (χ4v) is 2.52. The number of ether oxygens (including phenoxy) is 1. The van der Waals surface area contributed by atoms with Gasteiger partial charge in [0.25, 0.3) is 0 Å². The highest BCUT2D eigenvalue weighted by Crippen LogP contribution is 2.31. The predicted molar refractivity (Wildman–Crippen MR) is 87.7 cm³/mol. The summed E-state index contributed by atoms with van der Waals surface area (Å²) < 4.78 is 6.21. The van der Waals surface area contributed by atoms with Crippen LogP contribution in [0.5, 0.6) is 5.75 Å². The zero-order chi connectivity index (χ0) is 15.2. The van der Waals surface area contributed by atoms with Gasteiger partial charge in [-0.15, -0.1) is 0 Å². The van der Waals surface area contributed by atoms with Crippen LogP contribution < -0.4 is 15.4 Å². The van der Waals surface area contributed by atoms with Crippen molar-refractivity contribution in [3.63, 3.8) is 0 Å². The summed E-state index contributed by atoms with van der Waals surface area (Å²) >= 11 is 3.41. The lowest BCUT2D eigenvalue weighted by molar-refractivity contribution is 0.251. The van der Waals surface area contributed by atoms with E-state index in [-0.39, 0.29) is 6.03 Å². The lowest BCUT2D eigenvalue weighted by atomic mass is 10.2. The molecule has 0 unspecified atom stereocenters. The van der Waals surface area contributed by atoms with Gasteiger partial charge in [0.15, 0.2) is 0 Å². The Labute approximate surface area is 132 Å². The monoisotopic (exact) mass is 348 g/mol. The van der Waals surface area contributed by atoms with Gasteiger partial charge in [0.1, 0.15) is 5.75 Å². The molecule has 4 nitrogen and oxygen atoms in total. The predicted octanol–water partition coefficient (Wildman–Crippen LogP) is 4.09. The molecular formula is C16H17BrN2O2. The minimum absolute atomic E-state index is 0.262. The number of hydrogen-bond donors (Lipinski definition) is 2. The van der Waals surface area contributed by atoms with E-state index in [0.29, 0.717) is 18.0 Å². The first-order valence-corrected chi connectivity index (χ1v) is 7.32. The van der Waals surface area contributed by atoms with Gasteiger partial charge in [-0.05, 0) is 30.2 Å². The quantitative estimate of drug-likeness (QED) is 0.874. The average Bonchev–Trinajstić information content (AvgIpc) is 2.48. The standard InChI is InChI=1S/C16H17BrN2O2/c1-11-8-13(17)9-14(21-2)15(11)19-16(20)18-10-12-6-4-3-5-7-12/h3-9H,10H2,1-2H3,(H2,18,19,20). The number of amides is 2. The maximum atomic E-state index is 12.0. The highest BCUT2D eigenvalue weighted by Gasteiger charge is 2.11. The lowest BCUT2D eigenvalue weighted by Crippen LogP contribution is -2.28. The van der Waals surface area contributed by atoms with Crippen molar-refractivity contribution in [1.82, 2.24) is 5.32 Å². The van der Waals surface area contributed by atoms with Gasteiger partial charge in [0, 0.05) is 11.0 Å². The molecule has 0 aromatic heterocycles. The van der Waals surface area contributed by atoms with Crippen LogP contribution in [0, 0.1) is 6.92 Å². The SMILES string of the molecule is COc1cc(Br)cc(C)c1NC(=O)NCc1ccccc1. The zero-order valence-corrected chi connectivity index (χ0v) is 13.5. The first-order valence-electron chi connectivity index (χ1n) is 6.53. The Balaban J connectivity index is 2.03. The van der Waals surface area contributed by atoms with Crippen molar-refractivity contribution in [3.05, 3.63) is 58.1 Å². The Morgan fingerprint density at radius 2 is 1.95 bits per heavy atom. The van der Waals surface area contributed by atoms with Crippen molar-refractivity contribution in [2.45, 2.75) is 13.5 Å². The molecule has 0 radical (unpaired) electrons. The van der Waals surface area contributed by atoms with Gasteiger partial charge in [0.2, 0.25) is 0 Å². The minimum atomic E-state index is -0.262. The number of halogens is 1. The number of hydrogen-bond acceptors (Lipinski definition) is 2. The molecule has 0 aliphatic rings. The summed E-state index contributed by atoms with van der Waals surface area (Å²) in [6, 6.07) is 13.2. The number of carbonyl (C=O) groups is 1. The summed E-state index contributed by atoms with van der Waals surface area (Å²) in [4.78, 5) is 12.0. The van der Waals surface area contributed by atoms with Crippen molar-refractivity contribution in [3.8, 4) is 5.75 Å². The first-order chi connectivity index (χ1) is 10.1. The maximum absolute atomic E-state index is 12.0. The number of anilines is 1. The van der Waals surface area contributed by atoms with Gasteiger partial charge in [-0.25, -0.2) is 4.79 Å². The second-order valence-corrected chi connectivity index (χ2v) is 5.51. The third-order valence-electron chi connectivity index (χ3n) is 3.02. The lowest BCUT2D eigenvalue weighted by Gasteiger charge is -2.14. The summed E-state index contributed by atoms with van der Waals surface area (Å²) in [5, 5.41) is 5.65. The van der Waals surface area contributed by atoms with Crippen molar-refractivity contribution in [2.24, 2.45) is 0 Å². The largest absolute Gasteiger partial charge is 0.495 e. The summed E-state index contributed by atoms with van der Waals surface area (Å²) in [7, 11) is 1.58. The van der Waals surface area contributed by atoms with E-state index in [0.717, 1.165) is 15.6 Å². The van der Waals surface area contributed by atoms with Gasteiger partial charge in [0.05, 0.1) is 12.8 Å². The van der Waals surface area contributed by atoms with Crippen molar-refractivity contribution in [1.29, 1.82) is 0 Å². The summed E-state index contributed by atoms with van der Waals surface area (Å²) in [5.74, 6) is 0.622. The Hall–Kier alpha value is -2.01. The van der Waals surface area contributed by atoms with E-state index in [1.807, 2.05) is 49.4 Å². The first kappa shape index (κ1) is 15.4. The molecule has 0 saturated heterocycles. The van der Waals surface area contributed by atoms with Crippen LogP contribution in [0.4, 0.5) is 10.5 Å². The number of aryl methyl sites for hydroxylation is 1. The Bertz CT molecular complexity index is 630. The van der Waals surface area contributed by atoms with Gasteiger partial charge in [-0.1, -0.05) is 46.3 Å². The van der Waals surface area contributed by atoms with E-state index in [2.05, 4.69) is 26.6 Å². The van der Waals surface area contributed by atoms with E-state index in [4.69, 9.17) is 4.74 Å². The van der Waals surface area contributed by atoms with E-state index in [1.54, 1.807) is 7.11 Å². The number of carbonyl (C=O) groups excluding carboxylic acids is 1. The third kappa shape index (κ3) is 4.23. The van der Waals surface area contributed by atoms with Crippen molar-refractivity contribution < 1.29 is 9.53 Å². The van der Waals surface area contributed by atoms with Crippen LogP contribution >= 0.6 is 15.9 Å². The van der Waals surface area contributed by atoms with E-state index < -0.39 is 0 Å². The van der Waals surface area contributed by atoms with Gasteiger partial charge in [-0.3, -0.25) is 0 Å². The second kappa shape index (κ2) is 7.13. The molecule has 0 aliphatic heterocycles. The summed E-state index contributed by atoms with van der Waals surface area (Å²) in [6.45, 7) is 2.39. The summed E-state index contributed by atoms with van der Waals surface area (Å²) in [5.41, 5.74) is 2.65. The fourth-order valence-electron chi connectivity index (χ4n) is 1.97. The van der Waals surface area contributed by atoms with Crippen LogP contribution in [-0.4, -0.2) is 13.1 Å². The molecule has 2 aromatic carbocycles. The van der Waals surface area contributed by atoms with Crippen molar-refractivity contribution >= 4 is 27.6 Å². The molecule has 0 bridgehead atoms. The molecule has 21 heavy (non-hydrogen) atoms. The molecule has 110 valence electrons.